The quantitative estimate of drug-likeness (QED) is 0.372. The highest BCUT2D eigenvalue weighted by molar-refractivity contribution is 6.84. The second kappa shape index (κ2) is 7.93. The maximum atomic E-state index is 5.23. The van der Waals surface area contributed by atoms with Crippen LogP contribution in [-0.2, 0) is 5.41 Å². The molecule has 0 aromatic heterocycles. The number of hydrogen-bond acceptors (Lipinski definition) is 2. The normalized spacial score (nSPS) is 12.3. The third kappa shape index (κ3) is 5.89. The van der Waals surface area contributed by atoms with Gasteiger partial charge in [0, 0.05) is 5.56 Å². The summed E-state index contributed by atoms with van der Waals surface area (Å²) in [5.74, 6) is 4.17. The molecule has 0 fully saturated rings. The minimum absolute atomic E-state index is 0.135. The molecule has 0 spiro atoms. The van der Waals surface area contributed by atoms with Gasteiger partial charge in [0.15, 0.2) is 0 Å². The zero-order chi connectivity index (χ0) is 19.4. The Labute approximate surface area is 159 Å². The van der Waals surface area contributed by atoms with Crippen LogP contribution in [0.25, 0.3) is 0 Å². The molecule has 0 radical (unpaired) electrons. The highest BCUT2D eigenvalue weighted by Crippen LogP contribution is 2.23. The molecule has 2 aromatic rings. The predicted molar refractivity (Wildman–Crippen MR) is 115 cm³/mol. The molecular weight excluding hydrogens is 334 g/mol. The molecule has 26 heavy (non-hydrogen) atoms. The van der Waals surface area contributed by atoms with Gasteiger partial charge in [-0.3, -0.25) is 0 Å². The Hall–Kier alpha value is -2.31. The van der Waals surface area contributed by atoms with Gasteiger partial charge in [0.2, 0.25) is 0 Å². The van der Waals surface area contributed by atoms with Crippen molar-refractivity contribution in [3.05, 3.63) is 59.7 Å². The van der Waals surface area contributed by atoms with Crippen LogP contribution in [0.15, 0.2) is 53.5 Å². The number of methoxy groups -OCH3 is 1. The number of hydrogen-bond donors (Lipinski definition) is 0. The minimum atomic E-state index is -1.49. The van der Waals surface area contributed by atoms with Crippen molar-refractivity contribution in [1.82, 2.24) is 0 Å². The van der Waals surface area contributed by atoms with Gasteiger partial charge < -0.3 is 4.74 Å². The second-order valence-corrected chi connectivity index (χ2v) is 13.2. The first-order valence-electron chi connectivity index (χ1n) is 8.95. The lowest BCUT2D eigenvalue weighted by Gasteiger charge is -2.19. The summed E-state index contributed by atoms with van der Waals surface area (Å²) in [4.78, 5) is 4.81. The zero-order valence-corrected chi connectivity index (χ0v) is 18.0. The van der Waals surface area contributed by atoms with Crippen LogP contribution in [0.3, 0.4) is 0 Å². The Kier molecular flexibility index (Phi) is 6.10. The summed E-state index contributed by atoms with van der Waals surface area (Å²) in [6.07, 6.45) is 0. The van der Waals surface area contributed by atoms with E-state index in [1.165, 1.54) is 5.56 Å². The Bertz CT molecular complexity index is 823. The number of ether oxygens (including phenoxy) is 1. The Morgan fingerprint density at radius 2 is 1.50 bits per heavy atom. The van der Waals surface area contributed by atoms with Crippen LogP contribution in [-0.4, -0.2) is 20.9 Å². The Balaban J connectivity index is 2.46. The van der Waals surface area contributed by atoms with Gasteiger partial charge in [0.05, 0.1) is 12.8 Å². The SMILES string of the molecule is COc1ccc(N=C(C#C[Si](C)(C)C)c2ccc(C(C)(C)C)cc2)cc1. The molecule has 0 aliphatic heterocycles. The van der Waals surface area contributed by atoms with Gasteiger partial charge >= 0.3 is 0 Å². The Morgan fingerprint density at radius 1 is 0.923 bits per heavy atom. The zero-order valence-electron chi connectivity index (χ0n) is 17.0. The summed E-state index contributed by atoms with van der Waals surface area (Å²) >= 11 is 0. The average molecular weight is 364 g/mol. The molecule has 2 rings (SSSR count). The van der Waals surface area contributed by atoms with Crippen LogP contribution in [0.2, 0.25) is 19.6 Å². The molecule has 3 heteroatoms. The molecule has 0 aliphatic rings. The van der Waals surface area contributed by atoms with E-state index < -0.39 is 8.07 Å². The van der Waals surface area contributed by atoms with E-state index in [0.29, 0.717) is 0 Å². The number of benzene rings is 2. The van der Waals surface area contributed by atoms with Crippen LogP contribution >= 0.6 is 0 Å². The van der Waals surface area contributed by atoms with Crippen molar-refractivity contribution in [2.75, 3.05) is 7.11 Å². The van der Waals surface area contributed by atoms with Gasteiger partial charge in [0.25, 0.3) is 0 Å². The predicted octanol–water partition coefficient (Wildman–Crippen LogP) is 5.99. The Morgan fingerprint density at radius 3 is 1.96 bits per heavy atom. The molecule has 136 valence electrons. The van der Waals surface area contributed by atoms with Gasteiger partial charge in [-0.2, -0.15) is 0 Å². The molecule has 0 heterocycles. The summed E-state index contributed by atoms with van der Waals surface area (Å²) in [5.41, 5.74) is 7.64. The minimum Gasteiger partial charge on any atom is -0.497 e. The lowest BCUT2D eigenvalue weighted by molar-refractivity contribution is 0.415. The maximum absolute atomic E-state index is 5.23. The van der Waals surface area contributed by atoms with Crippen molar-refractivity contribution in [1.29, 1.82) is 0 Å². The highest BCUT2D eigenvalue weighted by atomic mass is 28.3. The second-order valence-electron chi connectivity index (χ2n) is 8.49. The first kappa shape index (κ1) is 20.0. The maximum Gasteiger partial charge on any atom is 0.129 e. The molecule has 0 atom stereocenters. The monoisotopic (exact) mass is 363 g/mol. The number of nitrogens with zero attached hydrogens (tertiary/aromatic N) is 1. The molecular formula is C23H29NOSi. The topological polar surface area (TPSA) is 21.6 Å². The molecule has 0 unspecified atom stereocenters. The van der Waals surface area contributed by atoms with Gasteiger partial charge in [-0.25, -0.2) is 4.99 Å². The average Bonchev–Trinajstić information content (AvgIpc) is 2.58. The van der Waals surface area contributed by atoms with E-state index in [0.717, 1.165) is 22.7 Å². The smallest absolute Gasteiger partial charge is 0.129 e. The van der Waals surface area contributed by atoms with Crippen molar-refractivity contribution in [3.8, 4) is 17.2 Å². The van der Waals surface area contributed by atoms with E-state index in [1.807, 2.05) is 24.3 Å². The van der Waals surface area contributed by atoms with Crippen molar-refractivity contribution in [2.45, 2.75) is 45.8 Å². The lowest BCUT2D eigenvalue weighted by Crippen LogP contribution is -2.17. The fourth-order valence-electron chi connectivity index (χ4n) is 2.33. The van der Waals surface area contributed by atoms with Crippen molar-refractivity contribution >= 4 is 19.5 Å². The highest BCUT2D eigenvalue weighted by Gasteiger charge is 2.14. The molecule has 0 saturated heterocycles. The molecule has 2 aromatic carbocycles. The summed E-state index contributed by atoms with van der Waals surface area (Å²) in [6.45, 7) is 13.4. The van der Waals surface area contributed by atoms with Crippen LogP contribution < -0.4 is 4.74 Å². The molecule has 0 bridgehead atoms. The van der Waals surface area contributed by atoms with Gasteiger partial charge in [0.1, 0.15) is 19.5 Å². The fourth-order valence-corrected chi connectivity index (χ4v) is 2.82. The van der Waals surface area contributed by atoms with E-state index in [2.05, 4.69) is 76.1 Å². The number of rotatable bonds is 3. The molecule has 0 amide bonds. The van der Waals surface area contributed by atoms with E-state index in [1.54, 1.807) is 7.11 Å². The van der Waals surface area contributed by atoms with E-state index in [4.69, 9.17) is 9.73 Å². The van der Waals surface area contributed by atoms with Crippen molar-refractivity contribution < 1.29 is 4.74 Å². The summed E-state index contributed by atoms with van der Waals surface area (Å²) < 4.78 is 5.23. The lowest BCUT2D eigenvalue weighted by atomic mass is 9.86. The standard InChI is InChI=1S/C23H29NOSi/c1-23(2,3)19-10-8-18(9-11-19)22(16-17-26(5,6)7)24-20-12-14-21(25-4)15-13-20/h8-15H,1-7H3. The largest absolute Gasteiger partial charge is 0.497 e. The van der Waals surface area contributed by atoms with Crippen molar-refractivity contribution in [2.24, 2.45) is 4.99 Å². The third-order valence-corrected chi connectivity index (χ3v) is 4.77. The van der Waals surface area contributed by atoms with Crippen LogP contribution in [0.1, 0.15) is 31.9 Å². The first-order chi connectivity index (χ1) is 12.1. The van der Waals surface area contributed by atoms with Crippen LogP contribution in [0.4, 0.5) is 5.69 Å². The van der Waals surface area contributed by atoms with Crippen LogP contribution in [0.5, 0.6) is 5.75 Å². The fraction of sp³-hybridized carbons (Fsp3) is 0.348. The molecule has 0 saturated carbocycles. The summed E-state index contributed by atoms with van der Waals surface area (Å²) in [5, 5.41) is 0. The van der Waals surface area contributed by atoms with E-state index in [9.17, 15) is 0 Å². The van der Waals surface area contributed by atoms with Gasteiger partial charge in [-0.05, 0) is 35.2 Å². The third-order valence-electron chi connectivity index (χ3n) is 3.89. The van der Waals surface area contributed by atoms with E-state index >= 15 is 0 Å². The first-order valence-corrected chi connectivity index (χ1v) is 12.5. The molecule has 0 aliphatic carbocycles. The summed E-state index contributed by atoms with van der Waals surface area (Å²) in [7, 11) is 0.179. The molecule has 2 nitrogen and oxygen atoms in total. The van der Waals surface area contributed by atoms with E-state index in [-0.39, 0.29) is 5.41 Å². The van der Waals surface area contributed by atoms with Crippen LogP contribution in [0, 0.1) is 11.5 Å². The number of aliphatic imine (C=N–C) groups is 1. The van der Waals surface area contributed by atoms with Gasteiger partial charge in [-0.15, -0.1) is 5.54 Å². The van der Waals surface area contributed by atoms with Crippen molar-refractivity contribution in [3.63, 3.8) is 0 Å². The summed E-state index contributed by atoms with van der Waals surface area (Å²) in [6, 6.07) is 16.4. The molecule has 0 N–H and O–H groups in total. The van der Waals surface area contributed by atoms with Gasteiger partial charge in [-0.1, -0.05) is 70.6 Å².